The molecule has 6 aromatic rings. The Morgan fingerprint density at radius 2 is 1.62 bits per heavy atom. The number of hydrogen-bond donors (Lipinski definition) is 0. The van der Waals surface area contributed by atoms with Crippen molar-refractivity contribution in [3.05, 3.63) is 169 Å². The van der Waals surface area contributed by atoms with Gasteiger partial charge in [0.25, 0.3) is 5.56 Å². The molecule has 0 spiro atoms. The number of thiazole rings is 1. The van der Waals surface area contributed by atoms with Gasteiger partial charge in [0.1, 0.15) is 18.1 Å². The fourth-order valence-corrected chi connectivity index (χ4v) is 6.96. The zero-order valence-corrected chi connectivity index (χ0v) is 27.3. The normalized spacial score (nSPS) is 14.4. The summed E-state index contributed by atoms with van der Waals surface area (Å²) in [6.07, 6.45) is 1.84. The molecular weight excluding hydrogens is 621 g/mol. The van der Waals surface area contributed by atoms with Gasteiger partial charge in [0.2, 0.25) is 0 Å². The fourth-order valence-electron chi connectivity index (χ4n) is 5.96. The number of carbonyl (C=O) groups excluding carboxylic acids is 1. The Bertz CT molecular complexity index is 2330. The van der Waals surface area contributed by atoms with Gasteiger partial charge in [-0.3, -0.25) is 9.36 Å². The summed E-state index contributed by atoms with van der Waals surface area (Å²) in [5, 5.41) is 2.34. The van der Waals surface area contributed by atoms with Crippen molar-refractivity contribution >= 4 is 39.9 Å². The van der Waals surface area contributed by atoms with Crippen LogP contribution in [0, 0.1) is 0 Å². The number of esters is 1. The van der Waals surface area contributed by atoms with E-state index < -0.39 is 12.0 Å². The summed E-state index contributed by atoms with van der Waals surface area (Å²) in [6.45, 7) is 2.38. The van der Waals surface area contributed by atoms with E-state index in [-0.39, 0.29) is 12.2 Å². The van der Waals surface area contributed by atoms with Crippen LogP contribution in [0.4, 0.5) is 0 Å². The second-order valence-corrected chi connectivity index (χ2v) is 12.2. The predicted molar refractivity (Wildman–Crippen MR) is 189 cm³/mol. The van der Waals surface area contributed by atoms with Crippen molar-refractivity contribution in [1.82, 2.24) is 4.57 Å². The lowest BCUT2D eigenvalue weighted by Gasteiger charge is -2.26. The number of hydrogen-bond acceptors (Lipinski definition) is 7. The summed E-state index contributed by atoms with van der Waals surface area (Å²) >= 11 is 1.28. The van der Waals surface area contributed by atoms with E-state index in [1.54, 1.807) is 18.6 Å². The molecule has 7 nitrogen and oxygen atoms in total. The van der Waals surface area contributed by atoms with Gasteiger partial charge in [0, 0.05) is 5.56 Å². The predicted octanol–water partition coefficient (Wildman–Crippen LogP) is 6.68. The minimum atomic E-state index is -0.780. The van der Waals surface area contributed by atoms with Crippen LogP contribution in [0.5, 0.6) is 11.5 Å². The summed E-state index contributed by atoms with van der Waals surface area (Å²) in [7, 11) is 1.59. The molecule has 0 radical (unpaired) electrons. The number of carbonyl (C=O) groups is 1. The molecule has 1 aromatic heterocycles. The number of ether oxygens (including phenoxy) is 3. The van der Waals surface area contributed by atoms with Crippen molar-refractivity contribution < 1.29 is 19.0 Å². The molecule has 0 saturated heterocycles. The Labute approximate surface area is 281 Å². The minimum Gasteiger partial charge on any atom is -0.497 e. The Balaban J connectivity index is 1.28. The molecule has 0 bridgehead atoms. The molecule has 7 rings (SSSR count). The molecule has 0 amide bonds. The highest BCUT2D eigenvalue weighted by molar-refractivity contribution is 7.07. The highest BCUT2D eigenvalue weighted by Gasteiger charge is 2.35. The Morgan fingerprint density at radius 3 is 2.42 bits per heavy atom. The maximum atomic E-state index is 14.2. The maximum Gasteiger partial charge on any atom is 0.338 e. The van der Waals surface area contributed by atoms with Gasteiger partial charge in [-0.05, 0) is 64.7 Å². The van der Waals surface area contributed by atoms with Gasteiger partial charge >= 0.3 is 5.97 Å². The van der Waals surface area contributed by atoms with Crippen LogP contribution in [0.15, 0.2) is 137 Å². The van der Waals surface area contributed by atoms with Gasteiger partial charge in [0.15, 0.2) is 4.80 Å². The zero-order chi connectivity index (χ0) is 33.0. The molecule has 2 heterocycles. The van der Waals surface area contributed by atoms with Crippen LogP contribution in [0.25, 0.3) is 22.5 Å². The van der Waals surface area contributed by atoms with Crippen LogP contribution in [0.1, 0.15) is 35.2 Å². The third-order valence-electron chi connectivity index (χ3n) is 8.24. The van der Waals surface area contributed by atoms with E-state index >= 15 is 0 Å². The highest BCUT2D eigenvalue weighted by Crippen LogP contribution is 2.36. The first-order chi connectivity index (χ1) is 23.5. The first kappa shape index (κ1) is 30.9. The van der Waals surface area contributed by atoms with E-state index in [0.717, 1.165) is 22.4 Å². The first-order valence-corrected chi connectivity index (χ1v) is 16.5. The van der Waals surface area contributed by atoms with Gasteiger partial charge in [0.05, 0.1) is 35.6 Å². The molecule has 0 N–H and O–H groups in total. The van der Waals surface area contributed by atoms with E-state index in [1.807, 2.05) is 103 Å². The smallest absolute Gasteiger partial charge is 0.338 e. The Morgan fingerprint density at radius 1 is 0.875 bits per heavy atom. The summed E-state index contributed by atoms with van der Waals surface area (Å²) in [6, 6.07) is 38.2. The average Bonchev–Trinajstić information content (AvgIpc) is 3.44. The van der Waals surface area contributed by atoms with Crippen molar-refractivity contribution in [3.63, 3.8) is 0 Å². The minimum absolute atomic E-state index is 0.182. The van der Waals surface area contributed by atoms with Gasteiger partial charge in [-0.2, -0.15) is 0 Å². The van der Waals surface area contributed by atoms with E-state index in [4.69, 9.17) is 19.2 Å². The van der Waals surface area contributed by atoms with Gasteiger partial charge < -0.3 is 14.2 Å². The van der Waals surface area contributed by atoms with Crippen molar-refractivity contribution in [2.45, 2.75) is 19.6 Å². The van der Waals surface area contributed by atoms with E-state index in [9.17, 15) is 9.59 Å². The topological polar surface area (TPSA) is 79.1 Å². The van der Waals surface area contributed by atoms with Crippen LogP contribution in [0.2, 0.25) is 0 Å². The maximum absolute atomic E-state index is 14.2. The summed E-state index contributed by atoms with van der Waals surface area (Å²) in [5.74, 6) is 0.811. The lowest BCUT2D eigenvalue weighted by molar-refractivity contribution is -0.138. The number of nitrogens with zero attached hydrogens (tertiary/aromatic N) is 2. The molecule has 1 aliphatic rings. The Kier molecular flexibility index (Phi) is 8.72. The molecule has 0 fully saturated rings. The molecule has 0 unspecified atom stereocenters. The van der Waals surface area contributed by atoms with Crippen molar-refractivity contribution in [3.8, 4) is 11.5 Å². The number of benzene rings is 5. The molecule has 1 aliphatic heterocycles. The van der Waals surface area contributed by atoms with E-state index in [2.05, 4.69) is 24.3 Å². The molecule has 8 heteroatoms. The van der Waals surface area contributed by atoms with Crippen LogP contribution < -0.4 is 24.4 Å². The molecule has 5 aromatic carbocycles. The summed E-state index contributed by atoms with van der Waals surface area (Å²) in [5.41, 5.74) is 3.93. The average molecular weight is 653 g/mol. The molecular formula is C40H32N2O5S. The monoisotopic (exact) mass is 652 g/mol. The highest BCUT2D eigenvalue weighted by atomic mass is 32.1. The second kappa shape index (κ2) is 13.6. The van der Waals surface area contributed by atoms with Gasteiger partial charge in [-0.15, -0.1) is 0 Å². The lowest BCUT2D eigenvalue weighted by atomic mass is 9.93. The third-order valence-corrected chi connectivity index (χ3v) is 9.22. The van der Waals surface area contributed by atoms with Crippen LogP contribution in [-0.4, -0.2) is 24.3 Å². The largest absolute Gasteiger partial charge is 0.497 e. The SMILES string of the molecule is CCOC(=O)C1=C(c2ccccc2)N=c2s/c(=C\c3ccc(OCc4cccc5ccccc45)cc3)c(=O)n2[C@H]1c1cccc(OC)c1. The molecule has 0 saturated carbocycles. The molecule has 238 valence electrons. The van der Waals surface area contributed by atoms with E-state index in [0.29, 0.717) is 38.5 Å². The third kappa shape index (κ3) is 6.06. The van der Waals surface area contributed by atoms with E-state index in [1.165, 1.54) is 22.1 Å². The number of methoxy groups -OCH3 is 1. The molecule has 0 aliphatic carbocycles. The Hall–Kier alpha value is -5.73. The summed E-state index contributed by atoms with van der Waals surface area (Å²) in [4.78, 5) is 33.3. The number of fused-ring (bicyclic) bond motifs is 2. The molecule has 1 atom stereocenters. The van der Waals surface area contributed by atoms with Crippen LogP contribution in [-0.2, 0) is 16.1 Å². The quantitative estimate of drug-likeness (QED) is 0.163. The van der Waals surface area contributed by atoms with Gasteiger partial charge in [-0.1, -0.05) is 108 Å². The number of aromatic nitrogens is 1. The zero-order valence-electron chi connectivity index (χ0n) is 26.5. The standard InChI is InChI=1S/C40H32N2O5S/c1-3-46-39(44)35-36(28-12-5-4-6-13-28)41-40-42(37(35)29-15-10-17-32(24-29)45-2)38(43)34(48-40)23-26-19-21-31(22-20-26)47-25-30-16-9-14-27-11-7-8-18-33(27)30/h4-24,37H,3,25H2,1-2H3/b34-23-/t37-/m0/s1. The summed E-state index contributed by atoms with van der Waals surface area (Å²) < 4.78 is 19.3. The van der Waals surface area contributed by atoms with Crippen molar-refractivity contribution in [1.29, 1.82) is 0 Å². The van der Waals surface area contributed by atoms with Crippen LogP contribution >= 0.6 is 11.3 Å². The molecule has 48 heavy (non-hydrogen) atoms. The van der Waals surface area contributed by atoms with Crippen molar-refractivity contribution in [2.75, 3.05) is 13.7 Å². The van der Waals surface area contributed by atoms with Crippen LogP contribution in [0.3, 0.4) is 0 Å². The lowest BCUT2D eigenvalue weighted by Crippen LogP contribution is -2.40. The van der Waals surface area contributed by atoms with Gasteiger partial charge in [-0.25, -0.2) is 9.79 Å². The number of rotatable bonds is 9. The fraction of sp³-hybridized carbons (Fsp3) is 0.125. The first-order valence-electron chi connectivity index (χ1n) is 15.7. The second-order valence-electron chi connectivity index (χ2n) is 11.2. The van der Waals surface area contributed by atoms with Crippen molar-refractivity contribution in [2.24, 2.45) is 4.99 Å².